The summed E-state index contributed by atoms with van der Waals surface area (Å²) in [6.45, 7) is 4.56. The molecule has 2 aromatic heterocycles. The van der Waals surface area contributed by atoms with Crippen molar-refractivity contribution in [3.63, 3.8) is 0 Å². The molecule has 1 atom stereocenters. The first-order valence-corrected chi connectivity index (χ1v) is 14.2. The van der Waals surface area contributed by atoms with Crippen molar-refractivity contribution in [2.45, 2.75) is 29.1 Å². The van der Waals surface area contributed by atoms with Crippen molar-refractivity contribution in [2.75, 3.05) is 17.9 Å². The third-order valence-corrected chi connectivity index (χ3v) is 9.99. The van der Waals surface area contributed by atoms with Gasteiger partial charge in [-0.25, -0.2) is 8.42 Å². The number of thioether (sulfide) groups is 1. The predicted molar refractivity (Wildman–Crippen MR) is 142 cm³/mol. The molecule has 0 bridgehead atoms. The second-order valence-corrected chi connectivity index (χ2v) is 12.7. The van der Waals surface area contributed by atoms with Gasteiger partial charge in [-0.1, -0.05) is 49.4 Å². The fraction of sp³-hybridized carbons (Fsp3) is 0.240. The van der Waals surface area contributed by atoms with Gasteiger partial charge in [0.15, 0.2) is 0 Å². The van der Waals surface area contributed by atoms with Crippen LogP contribution in [0, 0.1) is 6.92 Å². The second-order valence-electron chi connectivity index (χ2n) is 8.10. The van der Waals surface area contributed by atoms with Gasteiger partial charge >= 0.3 is 0 Å². The van der Waals surface area contributed by atoms with E-state index in [1.54, 1.807) is 41.4 Å². The Labute approximate surface area is 208 Å². The van der Waals surface area contributed by atoms with E-state index in [9.17, 15) is 13.2 Å². The highest BCUT2D eigenvalue weighted by Crippen LogP contribution is 2.33. The minimum absolute atomic E-state index is 0.211. The Morgan fingerprint density at radius 3 is 2.62 bits per heavy atom. The lowest BCUT2D eigenvalue weighted by molar-refractivity contribution is 0.0950. The maximum Gasteiger partial charge on any atom is 0.273 e. The van der Waals surface area contributed by atoms with E-state index in [1.807, 2.05) is 31.2 Å². The summed E-state index contributed by atoms with van der Waals surface area (Å²) in [5, 5.41) is 5.80. The number of aryl methyl sites for hydroxylation is 1. The molecule has 0 radical (unpaired) electrons. The fourth-order valence-corrected chi connectivity index (χ4v) is 6.85. The number of carbonyl (C=O) groups is 1. The van der Waals surface area contributed by atoms with E-state index in [0.29, 0.717) is 23.4 Å². The number of rotatable bonds is 9. The van der Waals surface area contributed by atoms with Crippen molar-refractivity contribution in [3.8, 4) is 0 Å². The number of anilines is 1. The van der Waals surface area contributed by atoms with Crippen LogP contribution in [-0.2, 0) is 15.8 Å². The Balaban J connectivity index is 1.49. The molecule has 178 valence electrons. The summed E-state index contributed by atoms with van der Waals surface area (Å²) in [5.74, 6) is 0.676. The molecule has 4 aromatic rings. The normalized spacial score (nSPS) is 12.6. The summed E-state index contributed by atoms with van der Waals surface area (Å²) in [4.78, 5) is 16.1. The summed E-state index contributed by atoms with van der Waals surface area (Å²) >= 11 is 2.96. The Hall–Kier alpha value is -2.75. The molecule has 2 N–H and O–H groups in total. The first-order valence-electron chi connectivity index (χ1n) is 10.9. The van der Waals surface area contributed by atoms with E-state index >= 15 is 0 Å². The quantitative estimate of drug-likeness (QED) is 0.313. The number of fused-ring (bicyclic) bond motifs is 1. The van der Waals surface area contributed by atoms with Crippen molar-refractivity contribution in [1.82, 2.24) is 10.3 Å². The van der Waals surface area contributed by atoms with Gasteiger partial charge in [0, 0.05) is 30.0 Å². The molecule has 0 fully saturated rings. The number of nitrogens with one attached hydrogen (secondary N) is 2. The molecule has 0 saturated heterocycles. The molecule has 0 aliphatic carbocycles. The number of aromatic amines is 1. The molecule has 9 heteroatoms. The van der Waals surface area contributed by atoms with E-state index in [2.05, 4.69) is 29.4 Å². The molecule has 0 spiro atoms. The molecule has 6 nitrogen and oxygen atoms in total. The molecule has 2 heterocycles. The number of amides is 1. The van der Waals surface area contributed by atoms with E-state index in [4.69, 9.17) is 0 Å². The van der Waals surface area contributed by atoms with Crippen molar-refractivity contribution in [3.05, 3.63) is 82.9 Å². The Kier molecular flexibility index (Phi) is 7.35. The first kappa shape index (κ1) is 24.4. The zero-order valence-corrected chi connectivity index (χ0v) is 21.7. The van der Waals surface area contributed by atoms with Crippen molar-refractivity contribution in [2.24, 2.45) is 0 Å². The van der Waals surface area contributed by atoms with Crippen LogP contribution in [0.5, 0.6) is 0 Å². The zero-order chi connectivity index (χ0) is 24.3. The minimum atomic E-state index is -3.69. The van der Waals surface area contributed by atoms with Crippen LogP contribution in [0.1, 0.15) is 28.5 Å². The Morgan fingerprint density at radius 1 is 1.15 bits per heavy atom. The number of nitrogens with zero attached hydrogens (tertiary/aromatic N) is 1. The molecular weight excluding hydrogens is 486 g/mol. The highest BCUT2D eigenvalue weighted by molar-refractivity contribution is 7.99. The number of carbonyl (C=O) groups excluding carboxylic acids is 1. The number of benzene rings is 2. The lowest BCUT2D eigenvalue weighted by atomic mass is 10.1. The third kappa shape index (κ3) is 5.16. The van der Waals surface area contributed by atoms with Crippen LogP contribution in [-0.4, -0.2) is 38.2 Å². The molecule has 1 amide bonds. The Morgan fingerprint density at radius 2 is 1.91 bits per heavy atom. The number of thiophene rings is 1. The number of hydrogen-bond acceptors (Lipinski definition) is 5. The Bertz CT molecular complexity index is 1380. The fourth-order valence-electron chi connectivity index (χ4n) is 3.61. The molecule has 2 aromatic carbocycles. The maximum atomic E-state index is 13.0. The first-order chi connectivity index (χ1) is 16.3. The third-order valence-electron chi connectivity index (χ3n) is 5.61. The number of H-pyrrole nitrogens is 1. The summed E-state index contributed by atoms with van der Waals surface area (Å²) in [5.41, 5.74) is 3.75. The number of hydrogen-bond donors (Lipinski definition) is 2. The maximum absolute atomic E-state index is 13.0. The van der Waals surface area contributed by atoms with Gasteiger partial charge in [0.1, 0.15) is 9.90 Å². The van der Waals surface area contributed by atoms with Crippen LogP contribution in [0.2, 0.25) is 0 Å². The standard InChI is InChI=1S/C25H27N3O3S3/c1-17-11-12-22(28(3)34(30,31)23-10-7-13-32-23)24-20(17)14-21(27-24)25(29)26-15-18(2)33-16-19-8-5-4-6-9-19/h4-14,18,27H,15-16H2,1-3H3,(H,26,29). The number of aromatic nitrogens is 1. The lowest BCUT2D eigenvalue weighted by Crippen LogP contribution is -2.29. The molecule has 0 saturated carbocycles. The van der Waals surface area contributed by atoms with Gasteiger partial charge in [-0.3, -0.25) is 9.10 Å². The van der Waals surface area contributed by atoms with Crippen LogP contribution in [0.3, 0.4) is 0 Å². The van der Waals surface area contributed by atoms with Crippen LogP contribution in [0.15, 0.2) is 70.3 Å². The van der Waals surface area contributed by atoms with Crippen LogP contribution in [0.25, 0.3) is 10.9 Å². The van der Waals surface area contributed by atoms with Crippen molar-refractivity contribution >= 4 is 55.6 Å². The summed E-state index contributed by atoms with van der Waals surface area (Å²) in [6, 6.07) is 19.0. The highest BCUT2D eigenvalue weighted by atomic mass is 32.2. The molecule has 4 rings (SSSR count). The van der Waals surface area contributed by atoms with Gasteiger partial charge in [0.2, 0.25) is 0 Å². The topological polar surface area (TPSA) is 82.3 Å². The molecule has 1 unspecified atom stereocenters. The van der Waals surface area contributed by atoms with Gasteiger partial charge in [0.05, 0.1) is 11.2 Å². The van der Waals surface area contributed by atoms with E-state index in [1.165, 1.54) is 28.3 Å². The monoisotopic (exact) mass is 513 g/mol. The summed E-state index contributed by atoms with van der Waals surface area (Å²) in [6.07, 6.45) is 0. The van der Waals surface area contributed by atoms with Crippen LogP contribution >= 0.6 is 23.1 Å². The lowest BCUT2D eigenvalue weighted by Gasteiger charge is -2.19. The predicted octanol–water partition coefficient (Wildman–Crippen LogP) is 5.41. The van der Waals surface area contributed by atoms with E-state index in [-0.39, 0.29) is 15.4 Å². The van der Waals surface area contributed by atoms with Gasteiger partial charge in [0.25, 0.3) is 15.9 Å². The van der Waals surface area contributed by atoms with Crippen molar-refractivity contribution < 1.29 is 13.2 Å². The minimum Gasteiger partial charge on any atom is -0.350 e. The van der Waals surface area contributed by atoms with Gasteiger partial charge in [-0.05, 0) is 41.6 Å². The summed E-state index contributed by atoms with van der Waals surface area (Å²) < 4.78 is 27.6. The molecule has 34 heavy (non-hydrogen) atoms. The SMILES string of the molecule is Cc1ccc(N(C)S(=O)(=O)c2cccs2)c2[nH]c(C(=O)NCC(C)SCc3ccccc3)cc12. The van der Waals surface area contributed by atoms with Crippen molar-refractivity contribution in [1.29, 1.82) is 0 Å². The van der Waals surface area contributed by atoms with Gasteiger partial charge in [-0.15, -0.1) is 11.3 Å². The van der Waals surface area contributed by atoms with Gasteiger partial charge in [-0.2, -0.15) is 11.8 Å². The molecule has 0 aliphatic heterocycles. The highest BCUT2D eigenvalue weighted by Gasteiger charge is 2.25. The van der Waals surface area contributed by atoms with E-state index < -0.39 is 10.0 Å². The molecule has 0 aliphatic rings. The van der Waals surface area contributed by atoms with Gasteiger partial charge < -0.3 is 10.3 Å². The van der Waals surface area contributed by atoms with E-state index in [0.717, 1.165) is 16.7 Å². The van der Waals surface area contributed by atoms with Crippen LogP contribution < -0.4 is 9.62 Å². The summed E-state index contributed by atoms with van der Waals surface area (Å²) in [7, 11) is -2.15. The second kappa shape index (κ2) is 10.2. The largest absolute Gasteiger partial charge is 0.350 e. The number of sulfonamides is 1. The smallest absolute Gasteiger partial charge is 0.273 e. The zero-order valence-electron chi connectivity index (χ0n) is 19.2. The van der Waals surface area contributed by atoms with Crippen LogP contribution in [0.4, 0.5) is 5.69 Å². The average molecular weight is 514 g/mol. The average Bonchev–Trinajstić information content (AvgIpc) is 3.53. The molecular formula is C25H27N3O3S3.